The zero-order valence-corrected chi connectivity index (χ0v) is 16.4. The Morgan fingerprint density at radius 1 is 0.967 bits per heavy atom. The van der Waals surface area contributed by atoms with Gasteiger partial charge in [-0.05, 0) is 43.3 Å². The predicted octanol–water partition coefficient (Wildman–Crippen LogP) is 4.17. The van der Waals surface area contributed by atoms with E-state index in [1.165, 1.54) is 0 Å². The van der Waals surface area contributed by atoms with Gasteiger partial charge in [0.1, 0.15) is 5.75 Å². The number of carbonyl (C=O) groups is 2. The fourth-order valence-electron chi connectivity index (χ4n) is 2.68. The fraction of sp³-hybridized carbons (Fsp3) is 0.125. The number of amides is 1. The first-order valence-corrected chi connectivity index (χ1v) is 9.30. The standard InChI is InChI=1S/C24H20N2O4/c1-17-7-11-20(12-8-17)26-24(28)23(19-5-3-2-4-6-19)30-22(27)16-29-21-13-9-18(15-25)10-14-21/h2-14,23H,16H2,1H3,(H,26,28)/t23-/m1/s1. The zero-order valence-electron chi connectivity index (χ0n) is 16.4. The molecular weight excluding hydrogens is 380 g/mol. The van der Waals surface area contributed by atoms with Crippen LogP contribution >= 0.6 is 0 Å². The Hall–Kier alpha value is -4.11. The molecule has 6 nitrogen and oxygen atoms in total. The summed E-state index contributed by atoms with van der Waals surface area (Å²) in [7, 11) is 0. The van der Waals surface area contributed by atoms with Crippen LogP contribution in [-0.4, -0.2) is 18.5 Å². The van der Waals surface area contributed by atoms with Gasteiger partial charge in [-0.15, -0.1) is 0 Å². The summed E-state index contributed by atoms with van der Waals surface area (Å²) < 4.78 is 10.8. The van der Waals surface area contributed by atoms with Crippen molar-refractivity contribution in [3.8, 4) is 11.8 Å². The predicted molar refractivity (Wildman–Crippen MR) is 112 cm³/mol. The maximum absolute atomic E-state index is 12.8. The van der Waals surface area contributed by atoms with Crippen LogP contribution in [0.25, 0.3) is 0 Å². The second-order valence-electron chi connectivity index (χ2n) is 6.56. The first-order chi connectivity index (χ1) is 14.5. The van der Waals surface area contributed by atoms with Gasteiger partial charge in [-0.1, -0.05) is 48.0 Å². The molecule has 0 unspecified atom stereocenters. The first-order valence-electron chi connectivity index (χ1n) is 9.30. The third kappa shape index (κ3) is 5.69. The average molecular weight is 400 g/mol. The molecule has 150 valence electrons. The molecule has 0 bridgehead atoms. The Kier molecular flexibility index (Phi) is 6.80. The lowest BCUT2D eigenvalue weighted by Crippen LogP contribution is -2.28. The molecule has 0 fully saturated rings. The fourth-order valence-corrected chi connectivity index (χ4v) is 2.68. The molecule has 3 aromatic carbocycles. The van der Waals surface area contributed by atoms with Crippen LogP contribution in [0.4, 0.5) is 5.69 Å². The third-order valence-electron chi connectivity index (χ3n) is 4.25. The minimum Gasteiger partial charge on any atom is -0.482 e. The van der Waals surface area contributed by atoms with Gasteiger partial charge in [-0.3, -0.25) is 4.79 Å². The van der Waals surface area contributed by atoms with Crippen molar-refractivity contribution < 1.29 is 19.1 Å². The minimum absolute atomic E-state index is 0.368. The van der Waals surface area contributed by atoms with Crippen molar-refractivity contribution in [1.82, 2.24) is 0 Å². The van der Waals surface area contributed by atoms with E-state index in [9.17, 15) is 9.59 Å². The summed E-state index contributed by atoms with van der Waals surface area (Å²) in [6.45, 7) is 1.58. The average Bonchev–Trinajstić information content (AvgIpc) is 2.78. The first kappa shape index (κ1) is 20.6. The molecule has 0 saturated heterocycles. The second-order valence-corrected chi connectivity index (χ2v) is 6.56. The zero-order chi connectivity index (χ0) is 21.3. The van der Waals surface area contributed by atoms with Gasteiger partial charge < -0.3 is 14.8 Å². The van der Waals surface area contributed by atoms with Crippen LogP contribution in [0.3, 0.4) is 0 Å². The molecule has 6 heteroatoms. The molecule has 0 aliphatic carbocycles. The maximum atomic E-state index is 12.8. The largest absolute Gasteiger partial charge is 0.482 e. The monoisotopic (exact) mass is 400 g/mol. The van der Waals surface area contributed by atoms with Crippen molar-refractivity contribution in [2.24, 2.45) is 0 Å². The van der Waals surface area contributed by atoms with E-state index in [-0.39, 0.29) is 6.61 Å². The number of benzene rings is 3. The SMILES string of the molecule is Cc1ccc(NC(=O)[C@H](OC(=O)COc2ccc(C#N)cc2)c2ccccc2)cc1. The van der Waals surface area contributed by atoms with Crippen molar-refractivity contribution >= 4 is 17.6 Å². The third-order valence-corrected chi connectivity index (χ3v) is 4.25. The number of aryl methyl sites for hydroxylation is 1. The van der Waals surface area contributed by atoms with Crippen molar-refractivity contribution in [1.29, 1.82) is 5.26 Å². The molecule has 0 aliphatic heterocycles. The number of anilines is 1. The smallest absolute Gasteiger partial charge is 0.345 e. The number of carbonyl (C=O) groups excluding carboxylic acids is 2. The number of nitrogens with one attached hydrogen (secondary N) is 1. The highest BCUT2D eigenvalue weighted by Crippen LogP contribution is 2.21. The molecule has 3 rings (SSSR count). The summed E-state index contributed by atoms with van der Waals surface area (Å²) in [6.07, 6.45) is -1.12. The number of nitriles is 1. The Morgan fingerprint density at radius 3 is 2.27 bits per heavy atom. The van der Waals surface area contributed by atoms with Crippen LogP contribution < -0.4 is 10.1 Å². The Morgan fingerprint density at radius 2 is 1.63 bits per heavy atom. The highest BCUT2D eigenvalue weighted by atomic mass is 16.6. The van der Waals surface area contributed by atoms with Crippen molar-refractivity contribution in [3.05, 3.63) is 95.6 Å². The number of nitrogens with zero attached hydrogens (tertiary/aromatic N) is 1. The van der Waals surface area contributed by atoms with Crippen LogP contribution in [0, 0.1) is 18.3 Å². The van der Waals surface area contributed by atoms with Gasteiger partial charge in [0.25, 0.3) is 5.91 Å². The van der Waals surface area contributed by atoms with E-state index >= 15 is 0 Å². The summed E-state index contributed by atoms with van der Waals surface area (Å²) in [4.78, 5) is 25.2. The van der Waals surface area contributed by atoms with Gasteiger partial charge in [0.15, 0.2) is 6.61 Å². The van der Waals surface area contributed by atoms with E-state index in [0.717, 1.165) is 5.56 Å². The summed E-state index contributed by atoms with van der Waals surface area (Å²) in [5, 5.41) is 11.6. The van der Waals surface area contributed by atoms with Gasteiger partial charge in [0, 0.05) is 11.3 Å². The Balaban J connectivity index is 1.67. The number of esters is 1. The van der Waals surface area contributed by atoms with Crippen molar-refractivity contribution in [3.63, 3.8) is 0 Å². The molecule has 1 amide bonds. The van der Waals surface area contributed by atoms with E-state index in [1.807, 2.05) is 31.2 Å². The molecule has 1 atom stereocenters. The summed E-state index contributed by atoms with van der Waals surface area (Å²) in [5.41, 5.74) is 2.71. The maximum Gasteiger partial charge on any atom is 0.345 e. The summed E-state index contributed by atoms with van der Waals surface area (Å²) in [5.74, 6) is -0.727. The number of ether oxygens (including phenoxy) is 2. The molecule has 0 heterocycles. The van der Waals surface area contributed by atoms with Crippen LogP contribution in [0.5, 0.6) is 5.75 Å². The lowest BCUT2D eigenvalue weighted by atomic mass is 10.1. The van der Waals surface area contributed by atoms with E-state index in [0.29, 0.717) is 22.6 Å². The molecule has 0 aliphatic rings. The van der Waals surface area contributed by atoms with Crippen LogP contribution in [0.15, 0.2) is 78.9 Å². The Bertz CT molecular complexity index is 1040. The van der Waals surface area contributed by atoms with Crippen LogP contribution in [0.1, 0.15) is 22.8 Å². The van der Waals surface area contributed by atoms with Gasteiger partial charge in [-0.2, -0.15) is 5.26 Å². The number of hydrogen-bond acceptors (Lipinski definition) is 5. The molecule has 1 N–H and O–H groups in total. The summed E-state index contributed by atoms with van der Waals surface area (Å²) in [6, 6.07) is 24.5. The lowest BCUT2D eigenvalue weighted by molar-refractivity contribution is -0.156. The highest BCUT2D eigenvalue weighted by Gasteiger charge is 2.25. The van der Waals surface area contributed by atoms with Crippen molar-refractivity contribution in [2.45, 2.75) is 13.0 Å². The molecule has 0 saturated carbocycles. The van der Waals surface area contributed by atoms with Gasteiger partial charge in [0.05, 0.1) is 11.6 Å². The molecule has 30 heavy (non-hydrogen) atoms. The van der Waals surface area contributed by atoms with E-state index in [1.54, 1.807) is 60.7 Å². The normalized spacial score (nSPS) is 11.1. The second kappa shape index (κ2) is 9.89. The van der Waals surface area contributed by atoms with Crippen LogP contribution in [0.2, 0.25) is 0 Å². The Labute approximate surface area is 174 Å². The van der Waals surface area contributed by atoms with Gasteiger partial charge in [0.2, 0.25) is 6.10 Å². The lowest BCUT2D eigenvalue weighted by Gasteiger charge is -2.18. The van der Waals surface area contributed by atoms with Gasteiger partial charge in [-0.25, -0.2) is 4.79 Å². The topological polar surface area (TPSA) is 88.4 Å². The van der Waals surface area contributed by atoms with Gasteiger partial charge >= 0.3 is 5.97 Å². The van der Waals surface area contributed by atoms with Crippen LogP contribution in [-0.2, 0) is 14.3 Å². The molecular formula is C24H20N2O4. The summed E-state index contributed by atoms with van der Waals surface area (Å²) >= 11 is 0. The molecule has 0 spiro atoms. The van der Waals surface area contributed by atoms with E-state index in [4.69, 9.17) is 14.7 Å². The van der Waals surface area contributed by atoms with E-state index < -0.39 is 18.0 Å². The number of hydrogen-bond donors (Lipinski definition) is 1. The highest BCUT2D eigenvalue weighted by molar-refractivity contribution is 5.96. The van der Waals surface area contributed by atoms with Crippen molar-refractivity contribution in [2.75, 3.05) is 11.9 Å². The quantitative estimate of drug-likeness (QED) is 0.602. The molecule has 3 aromatic rings. The minimum atomic E-state index is -1.12. The molecule has 0 radical (unpaired) electrons. The molecule has 0 aromatic heterocycles. The van der Waals surface area contributed by atoms with E-state index in [2.05, 4.69) is 5.32 Å². The number of rotatable bonds is 7.